The van der Waals surface area contributed by atoms with Gasteiger partial charge in [-0.25, -0.2) is 9.67 Å². The van der Waals surface area contributed by atoms with Crippen LogP contribution >= 0.6 is 15.9 Å². The zero-order valence-electron chi connectivity index (χ0n) is 8.95. The van der Waals surface area contributed by atoms with E-state index in [4.69, 9.17) is 0 Å². The average molecular weight is 318 g/mol. The first-order valence-electron chi connectivity index (χ1n) is 4.83. The molecule has 2 rings (SSSR count). The maximum Gasteiger partial charge on any atom is 0.433 e. The molecule has 0 bridgehead atoms. The summed E-state index contributed by atoms with van der Waals surface area (Å²) in [5, 5.41) is 3.80. The second-order valence-electron chi connectivity index (χ2n) is 3.40. The standard InChI is InChI=1S/C11H7BrF3N3/c1-2-8-5-9(11(13,14)15)18(17-8)10-4-3-7(12)6-16-10/h2-6H,1H2. The molecule has 0 spiro atoms. The first-order valence-corrected chi connectivity index (χ1v) is 5.63. The first-order chi connectivity index (χ1) is 8.41. The lowest BCUT2D eigenvalue weighted by molar-refractivity contribution is -0.142. The molecule has 0 aromatic carbocycles. The van der Waals surface area contributed by atoms with E-state index in [0.29, 0.717) is 4.47 Å². The normalized spacial score (nSPS) is 11.6. The molecule has 7 heteroatoms. The van der Waals surface area contributed by atoms with Crippen LogP contribution in [0.15, 0.2) is 35.4 Å². The molecule has 94 valence electrons. The van der Waals surface area contributed by atoms with E-state index >= 15 is 0 Å². The van der Waals surface area contributed by atoms with E-state index < -0.39 is 11.9 Å². The summed E-state index contributed by atoms with van der Waals surface area (Å²) in [5.41, 5.74) is -0.737. The maximum atomic E-state index is 12.8. The zero-order valence-corrected chi connectivity index (χ0v) is 10.5. The highest BCUT2D eigenvalue weighted by molar-refractivity contribution is 9.10. The number of pyridine rings is 1. The highest BCUT2D eigenvalue weighted by atomic mass is 79.9. The van der Waals surface area contributed by atoms with Crippen molar-refractivity contribution in [1.29, 1.82) is 0 Å². The summed E-state index contributed by atoms with van der Waals surface area (Å²) in [6.45, 7) is 3.40. The van der Waals surface area contributed by atoms with E-state index in [1.807, 2.05) is 0 Å². The Bertz CT molecular complexity index is 572. The molecule has 0 fully saturated rings. The molecule has 18 heavy (non-hydrogen) atoms. The van der Waals surface area contributed by atoms with Crippen LogP contribution in [0.5, 0.6) is 0 Å². The van der Waals surface area contributed by atoms with E-state index in [-0.39, 0.29) is 11.5 Å². The van der Waals surface area contributed by atoms with Gasteiger partial charge in [-0.1, -0.05) is 6.58 Å². The van der Waals surface area contributed by atoms with Gasteiger partial charge < -0.3 is 0 Å². The molecule has 2 aromatic rings. The van der Waals surface area contributed by atoms with Crippen LogP contribution in [0.4, 0.5) is 13.2 Å². The second kappa shape index (κ2) is 4.56. The van der Waals surface area contributed by atoms with Gasteiger partial charge >= 0.3 is 6.18 Å². The zero-order chi connectivity index (χ0) is 13.3. The Labute approximate surface area is 109 Å². The molecule has 3 nitrogen and oxygen atoms in total. The molecule has 0 atom stereocenters. The second-order valence-corrected chi connectivity index (χ2v) is 4.32. The Kier molecular flexibility index (Phi) is 3.25. The lowest BCUT2D eigenvalue weighted by Gasteiger charge is -2.09. The van der Waals surface area contributed by atoms with Gasteiger partial charge in [0.2, 0.25) is 0 Å². The Balaban J connectivity index is 2.59. The fourth-order valence-corrected chi connectivity index (χ4v) is 1.60. The van der Waals surface area contributed by atoms with Gasteiger partial charge in [-0.15, -0.1) is 0 Å². The Morgan fingerprint density at radius 1 is 1.33 bits per heavy atom. The Morgan fingerprint density at radius 3 is 2.56 bits per heavy atom. The number of hydrogen-bond donors (Lipinski definition) is 0. The molecule has 0 aliphatic carbocycles. The number of rotatable bonds is 2. The van der Waals surface area contributed by atoms with Crippen molar-refractivity contribution in [2.75, 3.05) is 0 Å². The van der Waals surface area contributed by atoms with Crippen molar-refractivity contribution >= 4 is 22.0 Å². The van der Waals surface area contributed by atoms with Crippen LogP contribution in [0.2, 0.25) is 0 Å². The predicted octanol–water partition coefficient (Wildman–Crippen LogP) is 3.69. The summed E-state index contributed by atoms with van der Waals surface area (Å²) >= 11 is 3.16. The first kappa shape index (κ1) is 12.8. The molecule has 0 N–H and O–H groups in total. The van der Waals surface area contributed by atoms with Gasteiger partial charge in [-0.05, 0) is 40.2 Å². The Morgan fingerprint density at radius 2 is 2.06 bits per heavy atom. The van der Waals surface area contributed by atoms with E-state index in [9.17, 15) is 13.2 Å². The summed E-state index contributed by atoms with van der Waals surface area (Å²) in [6.07, 6.45) is -1.83. The summed E-state index contributed by atoms with van der Waals surface area (Å²) in [4.78, 5) is 3.89. The lowest BCUT2D eigenvalue weighted by atomic mass is 10.3. The molecule has 0 radical (unpaired) electrons. The highest BCUT2D eigenvalue weighted by Crippen LogP contribution is 2.31. The monoisotopic (exact) mass is 317 g/mol. The van der Waals surface area contributed by atoms with Crippen molar-refractivity contribution in [2.24, 2.45) is 0 Å². The van der Waals surface area contributed by atoms with Crippen molar-refractivity contribution in [1.82, 2.24) is 14.8 Å². The molecule has 2 aromatic heterocycles. The molecule has 0 aliphatic heterocycles. The summed E-state index contributed by atoms with van der Waals surface area (Å²) in [6, 6.07) is 3.97. The van der Waals surface area contributed by atoms with Gasteiger partial charge in [-0.2, -0.15) is 18.3 Å². The van der Waals surface area contributed by atoms with Crippen molar-refractivity contribution in [3.05, 3.63) is 46.8 Å². The number of aromatic nitrogens is 3. The number of nitrogens with zero attached hydrogens (tertiary/aromatic N) is 3. The minimum Gasteiger partial charge on any atom is -0.236 e. The van der Waals surface area contributed by atoms with Crippen molar-refractivity contribution in [2.45, 2.75) is 6.18 Å². The molecule has 0 aliphatic rings. The van der Waals surface area contributed by atoms with Gasteiger partial charge in [-0.3, -0.25) is 0 Å². The minimum atomic E-state index is -4.50. The average Bonchev–Trinajstić information content (AvgIpc) is 2.74. The molecule has 0 unspecified atom stereocenters. The minimum absolute atomic E-state index is 0.0959. The van der Waals surface area contributed by atoms with Crippen LogP contribution in [0.3, 0.4) is 0 Å². The van der Waals surface area contributed by atoms with E-state index in [1.54, 1.807) is 6.07 Å². The summed E-state index contributed by atoms with van der Waals surface area (Å²) in [7, 11) is 0. The van der Waals surface area contributed by atoms with E-state index in [2.05, 4.69) is 32.6 Å². The third-order valence-corrected chi connectivity index (χ3v) is 2.63. The third-order valence-electron chi connectivity index (χ3n) is 2.16. The smallest absolute Gasteiger partial charge is 0.236 e. The van der Waals surface area contributed by atoms with Crippen LogP contribution in [-0.4, -0.2) is 14.8 Å². The van der Waals surface area contributed by atoms with Crippen LogP contribution < -0.4 is 0 Å². The van der Waals surface area contributed by atoms with Gasteiger partial charge in [0.25, 0.3) is 0 Å². The summed E-state index contributed by atoms with van der Waals surface area (Å²) in [5.74, 6) is 0.0959. The molecule has 0 amide bonds. The molecular weight excluding hydrogens is 311 g/mol. The quantitative estimate of drug-likeness (QED) is 0.845. The predicted molar refractivity (Wildman–Crippen MR) is 64.2 cm³/mol. The molecule has 2 heterocycles. The van der Waals surface area contributed by atoms with Crippen LogP contribution in [0.25, 0.3) is 11.9 Å². The van der Waals surface area contributed by atoms with Crippen LogP contribution in [0, 0.1) is 0 Å². The fraction of sp³-hybridized carbons (Fsp3) is 0.0909. The van der Waals surface area contributed by atoms with Gasteiger partial charge in [0.1, 0.15) is 0 Å². The number of hydrogen-bond acceptors (Lipinski definition) is 2. The number of halogens is 4. The molecular formula is C11H7BrF3N3. The largest absolute Gasteiger partial charge is 0.433 e. The maximum absolute atomic E-state index is 12.8. The van der Waals surface area contributed by atoms with Gasteiger partial charge in [0.05, 0.1) is 5.69 Å². The molecule has 0 saturated carbocycles. The van der Waals surface area contributed by atoms with Gasteiger partial charge in [0.15, 0.2) is 11.5 Å². The third kappa shape index (κ3) is 2.45. The topological polar surface area (TPSA) is 30.7 Å². The van der Waals surface area contributed by atoms with Crippen molar-refractivity contribution < 1.29 is 13.2 Å². The van der Waals surface area contributed by atoms with Crippen LogP contribution in [0.1, 0.15) is 11.4 Å². The van der Waals surface area contributed by atoms with Gasteiger partial charge in [0, 0.05) is 10.7 Å². The van der Waals surface area contributed by atoms with Crippen LogP contribution in [-0.2, 0) is 6.18 Å². The van der Waals surface area contributed by atoms with Crippen molar-refractivity contribution in [3.63, 3.8) is 0 Å². The SMILES string of the molecule is C=Cc1cc(C(F)(F)F)n(-c2ccc(Br)cn2)n1. The van der Waals surface area contributed by atoms with Crippen molar-refractivity contribution in [3.8, 4) is 5.82 Å². The summed E-state index contributed by atoms with van der Waals surface area (Å²) < 4.78 is 39.9. The highest BCUT2D eigenvalue weighted by Gasteiger charge is 2.36. The lowest BCUT2D eigenvalue weighted by Crippen LogP contribution is -2.14. The Hall–Kier alpha value is -1.63. The van der Waals surface area contributed by atoms with E-state index in [1.165, 1.54) is 18.3 Å². The number of alkyl halides is 3. The molecule has 0 saturated heterocycles. The van der Waals surface area contributed by atoms with E-state index in [0.717, 1.165) is 10.7 Å². The fourth-order valence-electron chi connectivity index (χ4n) is 1.37.